The van der Waals surface area contributed by atoms with Crippen LogP contribution in [-0.4, -0.2) is 21.0 Å². The van der Waals surface area contributed by atoms with E-state index < -0.39 is 5.97 Å². The highest BCUT2D eigenvalue weighted by Gasteiger charge is 2.12. The minimum absolute atomic E-state index is 0.625. The average molecular weight is 349 g/mol. The number of carboxylic acid groups (broad SMARTS) is 1. The van der Waals surface area contributed by atoms with Crippen LogP contribution in [0.4, 0.5) is 0 Å². The summed E-state index contributed by atoms with van der Waals surface area (Å²) in [6.07, 6.45) is 4.85. The zero-order chi connectivity index (χ0) is 17.9. The topological polar surface area (TPSA) is 63.1 Å². The first-order valence-electron chi connectivity index (χ1n) is 8.25. The van der Waals surface area contributed by atoms with Crippen LogP contribution in [0.2, 0.25) is 5.15 Å². The summed E-state index contributed by atoms with van der Waals surface area (Å²) in [6.45, 7) is 5.36. The lowest BCUT2D eigenvalue weighted by molar-refractivity contribution is -0.134. The van der Waals surface area contributed by atoms with Crippen LogP contribution in [0.3, 0.4) is 0 Å². The number of aromatic nitrogens is 2. The number of carboxylic acids is 1. The molecule has 0 aliphatic carbocycles. The van der Waals surface area contributed by atoms with E-state index in [1.807, 2.05) is 6.07 Å². The number of unbranched alkanes of at least 4 members (excludes halogenated alkanes) is 1. The van der Waals surface area contributed by atoms with Gasteiger partial charge < -0.3 is 5.11 Å². The maximum atomic E-state index is 9.00. The lowest BCUT2D eigenvalue weighted by atomic mass is 10.0. The number of hydrogen-bond acceptors (Lipinski definition) is 3. The molecule has 0 unspecified atom stereocenters. The minimum Gasteiger partial charge on any atom is -0.481 e. The Morgan fingerprint density at radius 1 is 1.17 bits per heavy atom. The third-order valence-electron chi connectivity index (χ3n) is 3.41. The van der Waals surface area contributed by atoms with Crippen molar-refractivity contribution in [2.75, 3.05) is 0 Å². The first-order chi connectivity index (χ1) is 11.5. The number of rotatable bonds is 6. The van der Waals surface area contributed by atoms with Crippen LogP contribution in [0, 0.1) is 0 Å². The fraction of sp³-hybridized carbons (Fsp3) is 0.421. The SMILES string of the molecule is CC(=O)O.CCCCc1nc(Cl)c(CC)c(Cc2ccccc2)n1. The smallest absolute Gasteiger partial charge is 0.300 e. The number of carbonyl (C=O) groups is 1. The van der Waals surface area contributed by atoms with Crippen molar-refractivity contribution in [2.45, 2.75) is 52.9 Å². The molecule has 0 spiro atoms. The molecule has 0 fully saturated rings. The first-order valence-corrected chi connectivity index (χ1v) is 8.63. The highest BCUT2D eigenvalue weighted by molar-refractivity contribution is 6.30. The molecule has 24 heavy (non-hydrogen) atoms. The predicted molar refractivity (Wildman–Crippen MR) is 97.6 cm³/mol. The molecule has 0 saturated carbocycles. The van der Waals surface area contributed by atoms with Gasteiger partial charge in [-0.2, -0.15) is 0 Å². The molecule has 2 rings (SSSR count). The van der Waals surface area contributed by atoms with Crippen LogP contribution in [0.15, 0.2) is 30.3 Å². The number of halogens is 1. The Kier molecular flexibility index (Phi) is 9.02. The Bertz CT molecular complexity index is 641. The summed E-state index contributed by atoms with van der Waals surface area (Å²) in [5.74, 6) is 0.0416. The van der Waals surface area contributed by atoms with Gasteiger partial charge in [0.05, 0.1) is 5.69 Å². The molecule has 0 amide bonds. The quantitative estimate of drug-likeness (QED) is 0.767. The molecular formula is C19H25ClN2O2. The molecule has 5 heteroatoms. The summed E-state index contributed by atoms with van der Waals surface area (Å²) >= 11 is 6.33. The van der Waals surface area contributed by atoms with Gasteiger partial charge in [-0.05, 0) is 18.4 Å². The van der Waals surface area contributed by atoms with Gasteiger partial charge in [0.25, 0.3) is 5.97 Å². The van der Waals surface area contributed by atoms with Gasteiger partial charge in [0.1, 0.15) is 11.0 Å². The molecule has 1 aromatic heterocycles. The maximum Gasteiger partial charge on any atom is 0.300 e. The molecule has 4 nitrogen and oxygen atoms in total. The number of benzene rings is 1. The van der Waals surface area contributed by atoms with Crippen LogP contribution in [0.25, 0.3) is 0 Å². The summed E-state index contributed by atoms with van der Waals surface area (Å²) in [7, 11) is 0. The second kappa shape index (κ2) is 10.8. The highest BCUT2D eigenvalue weighted by Crippen LogP contribution is 2.21. The van der Waals surface area contributed by atoms with E-state index in [9.17, 15) is 0 Å². The van der Waals surface area contributed by atoms with Crippen LogP contribution in [0.1, 0.15) is 56.3 Å². The van der Waals surface area contributed by atoms with E-state index in [2.05, 4.69) is 43.1 Å². The van der Waals surface area contributed by atoms with Gasteiger partial charge in [0.15, 0.2) is 0 Å². The third kappa shape index (κ3) is 7.09. The van der Waals surface area contributed by atoms with E-state index >= 15 is 0 Å². The van der Waals surface area contributed by atoms with Crippen molar-refractivity contribution in [1.29, 1.82) is 0 Å². The van der Waals surface area contributed by atoms with Gasteiger partial charge in [-0.25, -0.2) is 9.97 Å². The fourth-order valence-corrected chi connectivity index (χ4v) is 2.62. The lowest BCUT2D eigenvalue weighted by Crippen LogP contribution is -2.06. The van der Waals surface area contributed by atoms with Crippen molar-refractivity contribution in [3.05, 3.63) is 58.1 Å². The number of hydrogen-bond donors (Lipinski definition) is 1. The zero-order valence-electron chi connectivity index (χ0n) is 14.6. The van der Waals surface area contributed by atoms with Gasteiger partial charge in [-0.1, -0.05) is 62.2 Å². The van der Waals surface area contributed by atoms with Gasteiger partial charge in [0.2, 0.25) is 0 Å². The predicted octanol–water partition coefficient (Wildman–Crippen LogP) is 4.72. The molecule has 0 atom stereocenters. The molecule has 1 heterocycles. The molecule has 130 valence electrons. The Morgan fingerprint density at radius 3 is 2.33 bits per heavy atom. The van der Waals surface area contributed by atoms with Crippen molar-refractivity contribution in [1.82, 2.24) is 9.97 Å². The van der Waals surface area contributed by atoms with E-state index in [0.29, 0.717) is 5.15 Å². The van der Waals surface area contributed by atoms with Crippen LogP contribution in [0.5, 0.6) is 0 Å². The van der Waals surface area contributed by atoms with E-state index in [-0.39, 0.29) is 0 Å². The summed E-state index contributed by atoms with van der Waals surface area (Å²) in [6, 6.07) is 10.4. The summed E-state index contributed by atoms with van der Waals surface area (Å²) in [4.78, 5) is 18.2. The fourth-order valence-electron chi connectivity index (χ4n) is 2.28. The second-order valence-corrected chi connectivity index (χ2v) is 5.85. The molecule has 0 bridgehead atoms. The molecule has 1 aromatic carbocycles. The zero-order valence-corrected chi connectivity index (χ0v) is 15.3. The van der Waals surface area contributed by atoms with Crippen molar-refractivity contribution >= 4 is 17.6 Å². The Hall–Kier alpha value is -1.94. The Morgan fingerprint density at radius 2 is 1.79 bits per heavy atom. The molecule has 1 N–H and O–H groups in total. The van der Waals surface area contributed by atoms with E-state index in [1.54, 1.807) is 0 Å². The van der Waals surface area contributed by atoms with Crippen LogP contribution >= 0.6 is 11.6 Å². The van der Waals surface area contributed by atoms with Crippen molar-refractivity contribution < 1.29 is 9.90 Å². The normalized spacial score (nSPS) is 10.0. The highest BCUT2D eigenvalue weighted by atomic mass is 35.5. The summed E-state index contributed by atoms with van der Waals surface area (Å²) in [5.41, 5.74) is 3.42. The Labute approximate surface area is 148 Å². The third-order valence-corrected chi connectivity index (χ3v) is 3.72. The van der Waals surface area contributed by atoms with E-state index in [4.69, 9.17) is 26.5 Å². The minimum atomic E-state index is -0.833. The van der Waals surface area contributed by atoms with Crippen molar-refractivity contribution in [3.63, 3.8) is 0 Å². The standard InChI is InChI=1S/C17H21ClN2.C2H4O2/c1-3-5-11-16-19-15(14(4-2)17(18)20-16)12-13-9-7-6-8-10-13;1-2(3)4/h6-10H,3-5,11-12H2,1-2H3;1H3,(H,3,4). The molecule has 0 saturated heterocycles. The summed E-state index contributed by atoms with van der Waals surface area (Å²) < 4.78 is 0. The van der Waals surface area contributed by atoms with E-state index in [0.717, 1.165) is 56.1 Å². The van der Waals surface area contributed by atoms with Gasteiger partial charge >= 0.3 is 0 Å². The number of aliphatic carboxylic acids is 1. The molecule has 2 aromatic rings. The van der Waals surface area contributed by atoms with Crippen LogP contribution < -0.4 is 0 Å². The van der Waals surface area contributed by atoms with E-state index in [1.165, 1.54) is 5.56 Å². The lowest BCUT2D eigenvalue weighted by Gasteiger charge is -2.11. The summed E-state index contributed by atoms with van der Waals surface area (Å²) in [5, 5.41) is 8.04. The monoisotopic (exact) mass is 348 g/mol. The molecule has 0 radical (unpaired) electrons. The maximum absolute atomic E-state index is 9.00. The van der Waals surface area contributed by atoms with Crippen molar-refractivity contribution in [3.8, 4) is 0 Å². The van der Waals surface area contributed by atoms with Crippen LogP contribution in [-0.2, 0) is 24.1 Å². The molecule has 0 aliphatic heterocycles. The largest absolute Gasteiger partial charge is 0.481 e. The first kappa shape index (κ1) is 20.1. The average Bonchev–Trinajstić information content (AvgIpc) is 2.53. The van der Waals surface area contributed by atoms with Crippen molar-refractivity contribution in [2.24, 2.45) is 0 Å². The van der Waals surface area contributed by atoms with Gasteiger partial charge in [-0.15, -0.1) is 0 Å². The van der Waals surface area contributed by atoms with Gasteiger partial charge in [0, 0.05) is 25.3 Å². The molecule has 0 aliphatic rings. The molecular weight excluding hydrogens is 324 g/mol. The van der Waals surface area contributed by atoms with Gasteiger partial charge in [-0.3, -0.25) is 4.79 Å². The second-order valence-electron chi connectivity index (χ2n) is 5.49. The number of aryl methyl sites for hydroxylation is 1. The number of nitrogens with zero attached hydrogens (tertiary/aromatic N) is 2. The Balaban J connectivity index is 0.000000648.